The second-order valence-electron chi connectivity index (χ2n) is 5.20. The fourth-order valence-electron chi connectivity index (χ4n) is 1.47. The number of benzene rings is 1. The normalized spacial score (nSPS) is 12.4. The van der Waals surface area contributed by atoms with Crippen molar-refractivity contribution in [2.45, 2.75) is 25.1 Å². The molecule has 0 fully saturated rings. The van der Waals surface area contributed by atoms with E-state index in [0.717, 1.165) is 5.56 Å². The van der Waals surface area contributed by atoms with Crippen molar-refractivity contribution in [3.63, 3.8) is 0 Å². The molecule has 1 amide bonds. The van der Waals surface area contributed by atoms with Gasteiger partial charge >= 0.3 is 0 Å². The molecule has 0 atom stereocenters. The van der Waals surface area contributed by atoms with Crippen LogP contribution in [0.5, 0.6) is 0 Å². The van der Waals surface area contributed by atoms with E-state index in [-0.39, 0.29) is 0 Å². The number of primary amides is 1. The highest BCUT2D eigenvalue weighted by molar-refractivity contribution is 7.92. The molecular formula is C13H20N2O3S. The second-order valence-corrected chi connectivity index (χ2v) is 7.85. The number of carbonyl (C=O) groups is 1. The van der Waals surface area contributed by atoms with Gasteiger partial charge in [0.05, 0.1) is 4.75 Å². The van der Waals surface area contributed by atoms with E-state index in [1.807, 2.05) is 6.07 Å². The van der Waals surface area contributed by atoms with Crippen LogP contribution >= 0.6 is 0 Å². The highest BCUT2D eigenvalue weighted by Gasteiger charge is 2.29. The Morgan fingerprint density at radius 1 is 1.37 bits per heavy atom. The molecule has 0 aliphatic heterocycles. The predicted molar refractivity (Wildman–Crippen MR) is 75.6 cm³/mol. The molecule has 0 saturated heterocycles. The van der Waals surface area contributed by atoms with Gasteiger partial charge in [-0.3, -0.25) is 4.79 Å². The number of rotatable bonds is 6. The van der Waals surface area contributed by atoms with Crippen molar-refractivity contribution in [2.75, 3.05) is 12.8 Å². The van der Waals surface area contributed by atoms with Crippen molar-refractivity contribution < 1.29 is 13.2 Å². The van der Waals surface area contributed by atoms with Gasteiger partial charge in [-0.15, -0.1) is 0 Å². The van der Waals surface area contributed by atoms with Gasteiger partial charge in [0.2, 0.25) is 5.91 Å². The Hall–Kier alpha value is -1.40. The molecule has 0 aromatic heterocycles. The first-order valence-electron chi connectivity index (χ1n) is 5.92. The van der Waals surface area contributed by atoms with Gasteiger partial charge in [-0.2, -0.15) is 0 Å². The summed E-state index contributed by atoms with van der Waals surface area (Å²) >= 11 is 0. The van der Waals surface area contributed by atoms with Gasteiger partial charge in [0.25, 0.3) is 0 Å². The van der Waals surface area contributed by atoms with Crippen LogP contribution in [0.4, 0.5) is 0 Å². The maximum Gasteiger partial charge on any atom is 0.248 e. The van der Waals surface area contributed by atoms with Crippen molar-refractivity contribution in [3.8, 4) is 0 Å². The first-order chi connectivity index (χ1) is 8.63. The van der Waals surface area contributed by atoms with Gasteiger partial charge in [0, 0.05) is 24.9 Å². The summed E-state index contributed by atoms with van der Waals surface area (Å²) in [7, 11) is -3.12. The third-order valence-corrected chi connectivity index (χ3v) is 5.25. The van der Waals surface area contributed by atoms with E-state index in [1.165, 1.54) is 6.26 Å². The Morgan fingerprint density at radius 3 is 2.53 bits per heavy atom. The van der Waals surface area contributed by atoms with Crippen LogP contribution < -0.4 is 11.1 Å². The summed E-state index contributed by atoms with van der Waals surface area (Å²) in [5, 5.41) is 3.08. The van der Waals surface area contributed by atoms with Crippen LogP contribution in [0.3, 0.4) is 0 Å². The Balaban J connectivity index is 2.64. The minimum Gasteiger partial charge on any atom is -0.366 e. The minimum absolute atomic E-state index is 0.340. The number of carbonyl (C=O) groups excluding carboxylic acids is 1. The van der Waals surface area contributed by atoms with E-state index >= 15 is 0 Å². The molecule has 1 aromatic carbocycles. The van der Waals surface area contributed by atoms with E-state index in [1.54, 1.807) is 32.0 Å². The van der Waals surface area contributed by atoms with Crippen molar-refractivity contribution >= 4 is 15.7 Å². The Morgan fingerprint density at radius 2 is 2.00 bits per heavy atom. The van der Waals surface area contributed by atoms with E-state index < -0.39 is 20.5 Å². The molecule has 0 bridgehead atoms. The van der Waals surface area contributed by atoms with Crippen molar-refractivity contribution in [3.05, 3.63) is 35.4 Å². The summed E-state index contributed by atoms with van der Waals surface area (Å²) in [5.41, 5.74) is 6.53. The largest absolute Gasteiger partial charge is 0.366 e. The Bertz CT molecular complexity index is 565. The number of hydrogen-bond donors (Lipinski definition) is 2. The minimum atomic E-state index is -3.12. The zero-order valence-electron chi connectivity index (χ0n) is 11.4. The van der Waals surface area contributed by atoms with Crippen LogP contribution in [-0.4, -0.2) is 31.9 Å². The molecule has 0 radical (unpaired) electrons. The molecule has 0 unspecified atom stereocenters. The molecule has 5 nitrogen and oxygen atoms in total. The standard InChI is InChI=1S/C13H20N2O3S/c1-13(2,19(3,17)18)9-15-8-10-5-4-6-11(7-10)12(14)16/h4-7,15H,8-9H2,1-3H3,(H2,14,16). The maximum absolute atomic E-state index is 11.5. The van der Waals surface area contributed by atoms with Crippen LogP contribution in [0.15, 0.2) is 24.3 Å². The van der Waals surface area contributed by atoms with Crippen LogP contribution in [0.2, 0.25) is 0 Å². The highest BCUT2D eigenvalue weighted by Crippen LogP contribution is 2.14. The molecule has 1 aromatic rings. The average Bonchev–Trinajstić information content (AvgIpc) is 2.27. The number of hydrogen-bond acceptors (Lipinski definition) is 4. The second kappa shape index (κ2) is 5.71. The summed E-state index contributed by atoms with van der Waals surface area (Å²) in [6.07, 6.45) is 1.22. The van der Waals surface area contributed by atoms with Gasteiger partial charge < -0.3 is 11.1 Å². The number of amides is 1. The van der Waals surface area contributed by atoms with Gasteiger partial charge in [-0.05, 0) is 31.5 Å². The van der Waals surface area contributed by atoms with E-state index in [9.17, 15) is 13.2 Å². The molecule has 0 heterocycles. The lowest BCUT2D eigenvalue weighted by Crippen LogP contribution is -2.41. The summed E-state index contributed by atoms with van der Waals surface area (Å²) in [4.78, 5) is 11.0. The van der Waals surface area contributed by atoms with Crippen molar-refractivity contribution in [1.29, 1.82) is 0 Å². The lowest BCUT2D eigenvalue weighted by atomic mass is 10.1. The third kappa shape index (κ3) is 4.33. The van der Waals surface area contributed by atoms with E-state index in [0.29, 0.717) is 18.7 Å². The fourth-order valence-corrected chi connectivity index (χ4v) is 1.84. The molecule has 3 N–H and O–H groups in total. The van der Waals surface area contributed by atoms with Gasteiger partial charge in [-0.25, -0.2) is 8.42 Å². The van der Waals surface area contributed by atoms with Crippen LogP contribution in [0, 0.1) is 0 Å². The number of nitrogens with two attached hydrogens (primary N) is 1. The smallest absolute Gasteiger partial charge is 0.248 e. The number of sulfone groups is 1. The Kier molecular flexibility index (Phi) is 4.70. The molecule has 1 rings (SSSR count). The monoisotopic (exact) mass is 284 g/mol. The SMILES string of the molecule is CC(C)(CNCc1cccc(C(N)=O)c1)S(C)(=O)=O. The fraction of sp³-hybridized carbons (Fsp3) is 0.462. The maximum atomic E-state index is 11.5. The van der Waals surface area contributed by atoms with Crippen LogP contribution in [-0.2, 0) is 16.4 Å². The topological polar surface area (TPSA) is 89.3 Å². The number of nitrogens with one attached hydrogen (secondary N) is 1. The quantitative estimate of drug-likeness (QED) is 0.804. The Labute approximate surface area is 114 Å². The lowest BCUT2D eigenvalue weighted by molar-refractivity contribution is 0.1000. The predicted octanol–water partition coefficient (Wildman–Crippen LogP) is 0.698. The van der Waals surface area contributed by atoms with Gasteiger partial charge in [0.1, 0.15) is 0 Å². The zero-order valence-corrected chi connectivity index (χ0v) is 12.3. The molecule has 0 aliphatic carbocycles. The van der Waals surface area contributed by atoms with Crippen molar-refractivity contribution in [2.24, 2.45) is 5.73 Å². The molecule has 0 saturated carbocycles. The molecule has 6 heteroatoms. The lowest BCUT2D eigenvalue weighted by Gasteiger charge is -2.22. The van der Waals surface area contributed by atoms with Crippen LogP contribution in [0.1, 0.15) is 29.8 Å². The van der Waals surface area contributed by atoms with Crippen LogP contribution in [0.25, 0.3) is 0 Å². The molecule has 19 heavy (non-hydrogen) atoms. The van der Waals surface area contributed by atoms with Gasteiger partial charge in [0.15, 0.2) is 9.84 Å². The van der Waals surface area contributed by atoms with Gasteiger partial charge in [-0.1, -0.05) is 12.1 Å². The molecular weight excluding hydrogens is 264 g/mol. The molecule has 0 aliphatic rings. The average molecular weight is 284 g/mol. The zero-order chi connectivity index (χ0) is 14.7. The summed E-state index contributed by atoms with van der Waals surface area (Å²) in [5.74, 6) is -0.474. The summed E-state index contributed by atoms with van der Waals surface area (Å²) in [6.45, 7) is 4.18. The van der Waals surface area contributed by atoms with E-state index in [4.69, 9.17) is 5.73 Å². The molecule has 106 valence electrons. The first-order valence-corrected chi connectivity index (χ1v) is 7.82. The van der Waals surface area contributed by atoms with E-state index in [2.05, 4.69) is 5.32 Å². The molecule has 0 spiro atoms. The van der Waals surface area contributed by atoms with Crippen molar-refractivity contribution in [1.82, 2.24) is 5.32 Å². The third-order valence-electron chi connectivity index (χ3n) is 3.10. The first kappa shape index (κ1) is 15.7. The summed E-state index contributed by atoms with van der Waals surface area (Å²) in [6, 6.07) is 6.95. The highest BCUT2D eigenvalue weighted by atomic mass is 32.2. The summed E-state index contributed by atoms with van der Waals surface area (Å²) < 4.78 is 22.3.